The average Bonchev–Trinajstić information content (AvgIpc) is 3.19. The van der Waals surface area contributed by atoms with Crippen molar-refractivity contribution < 1.29 is 17.9 Å². The second-order valence-electron chi connectivity index (χ2n) is 7.60. The Bertz CT molecular complexity index is 1460. The Labute approximate surface area is 197 Å². The number of methoxy groups -OCH3 is 1. The summed E-state index contributed by atoms with van der Waals surface area (Å²) in [5.41, 5.74) is 1.80. The van der Waals surface area contributed by atoms with Gasteiger partial charge in [0.15, 0.2) is 5.82 Å². The molecule has 0 aliphatic rings. The Hall–Kier alpha value is -3.23. The molecule has 0 bridgehead atoms. The van der Waals surface area contributed by atoms with Gasteiger partial charge in [0.05, 0.1) is 17.6 Å². The fraction of sp³-hybridized carbons (Fsp3) is 0.200. The molecule has 0 aliphatic heterocycles. The van der Waals surface area contributed by atoms with Gasteiger partial charge in [-0.3, -0.25) is 0 Å². The minimum absolute atomic E-state index is 0.0232. The van der Waals surface area contributed by atoms with Crippen molar-refractivity contribution in [2.75, 3.05) is 18.0 Å². The zero-order chi connectivity index (χ0) is 23.8. The summed E-state index contributed by atoms with van der Waals surface area (Å²) in [5.74, 6) is -0.179. The molecule has 4 rings (SSSR count). The molecule has 0 radical (unpaired) electrons. The monoisotopic (exact) mass is 480 g/mol. The number of ether oxygens (including phenoxy) is 1. The highest BCUT2D eigenvalue weighted by atomic mass is 32.2. The number of nitrogens with zero attached hydrogens (tertiary/aromatic N) is 2. The lowest BCUT2D eigenvalue weighted by Gasteiger charge is -2.22. The summed E-state index contributed by atoms with van der Waals surface area (Å²) >= 11 is 1.45. The summed E-state index contributed by atoms with van der Waals surface area (Å²) in [6, 6.07) is 18.7. The number of anilines is 1. The first-order chi connectivity index (χ1) is 15.8. The normalized spacial score (nSPS) is 11.5. The maximum Gasteiger partial charge on any atom is 0.338 e. The number of hydrogen-bond donors (Lipinski definition) is 0. The lowest BCUT2D eigenvalue weighted by Crippen LogP contribution is -2.31. The highest BCUT2D eigenvalue weighted by molar-refractivity contribution is 7.92. The number of sulfonamides is 1. The summed E-state index contributed by atoms with van der Waals surface area (Å²) in [7, 11) is -2.67. The van der Waals surface area contributed by atoms with Crippen molar-refractivity contribution in [3.63, 3.8) is 0 Å². The van der Waals surface area contributed by atoms with Crippen LogP contribution in [0.3, 0.4) is 0 Å². The van der Waals surface area contributed by atoms with Gasteiger partial charge in [0.2, 0.25) is 0 Å². The van der Waals surface area contributed by atoms with Crippen LogP contribution in [0.15, 0.2) is 65.6 Å². The molecule has 0 spiro atoms. The Morgan fingerprint density at radius 1 is 1.03 bits per heavy atom. The summed E-state index contributed by atoms with van der Waals surface area (Å²) in [5, 5.41) is 2.98. The molecule has 0 saturated heterocycles. The molecule has 0 atom stereocenters. The van der Waals surface area contributed by atoms with Crippen LogP contribution in [0.2, 0.25) is 0 Å². The van der Waals surface area contributed by atoms with Crippen LogP contribution in [-0.2, 0) is 14.8 Å². The molecule has 0 aliphatic carbocycles. The molecular weight excluding hydrogens is 456 g/mol. The van der Waals surface area contributed by atoms with E-state index in [0.29, 0.717) is 11.4 Å². The number of carbonyl (C=O) groups is 1. The standard InChI is InChI=1S/C25H24N2O4S2/c1-5-27(33(29,30)21-13-10-16(2)22(15-21)25(28)31-4)23-17(3)32-24(26-23)20-12-11-18-8-6-7-9-19(18)14-20/h6-15H,5H2,1-4H3. The van der Waals surface area contributed by atoms with Gasteiger partial charge in [0.25, 0.3) is 10.0 Å². The van der Waals surface area contributed by atoms with Crippen molar-refractivity contribution in [1.82, 2.24) is 4.98 Å². The van der Waals surface area contributed by atoms with Crippen LogP contribution >= 0.6 is 11.3 Å². The van der Waals surface area contributed by atoms with E-state index in [9.17, 15) is 13.2 Å². The molecule has 0 fully saturated rings. The van der Waals surface area contributed by atoms with E-state index >= 15 is 0 Å². The third-order valence-corrected chi connectivity index (χ3v) is 8.36. The number of carbonyl (C=O) groups excluding carboxylic acids is 1. The molecule has 1 heterocycles. The first-order valence-corrected chi connectivity index (χ1v) is 12.7. The molecule has 0 saturated carbocycles. The van der Waals surface area contributed by atoms with E-state index in [1.807, 2.05) is 43.3 Å². The van der Waals surface area contributed by atoms with Crippen LogP contribution in [-0.4, -0.2) is 33.0 Å². The van der Waals surface area contributed by atoms with E-state index in [1.54, 1.807) is 19.9 Å². The number of rotatable bonds is 6. The highest BCUT2D eigenvalue weighted by Crippen LogP contribution is 2.36. The molecule has 4 aromatic rings. The topological polar surface area (TPSA) is 76.6 Å². The third-order valence-electron chi connectivity index (χ3n) is 5.49. The van der Waals surface area contributed by atoms with Gasteiger partial charge >= 0.3 is 5.97 Å². The van der Waals surface area contributed by atoms with Gasteiger partial charge in [0.1, 0.15) is 5.01 Å². The molecule has 3 aromatic carbocycles. The van der Waals surface area contributed by atoms with E-state index < -0.39 is 16.0 Å². The molecule has 170 valence electrons. The van der Waals surface area contributed by atoms with Crippen LogP contribution < -0.4 is 4.31 Å². The number of fused-ring (bicyclic) bond motifs is 1. The number of aromatic nitrogens is 1. The molecule has 33 heavy (non-hydrogen) atoms. The van der Waals surface area contributed by atoms with Crippen molar-refractivity contribution in [2.24, 2.45) is 0 Å². The zero-order valence-electron chi connectivity index (χ0n) is 18.8. The van der Waals surface area contributed by atoms with Crippen molar-refractivity contribution in [2.45, 2.75) is 25.7 Å². The lowest BCUT2D eigenvalue weighted by molar-refractivity contribution is 0.0599. The van der Waals surface area contributed by atoms with Crippen LogP contribution in [0, 0.1) is 13.8 Å². The Kier molecular flexibility index (Phi) is 6.23. The number of benzene rings is 3. The second-order valence-corrected chi connectivity index (χ2v) is 10.7. The number of esters is 1. The fourth-order valence-electron chi connectivity index (χ4n) is 3.72. The van der Waals surface area contributed by atoms with Gasteiger partial charge in [0, 0.05) is 17.0 Å². The molecule has 0 amide bonds. The van der Waals surface area contributed by atoms with Gasteiger partial charge in [-0.2, -0.15) is 0 Å². The van der Waals surface area contributed by atoms with E-state index in [4.69, 9.17) is 9.72 Å². The van der Waals surface area contributed by atoms with E-state index in [-0.39, 0.29) is 17.0 Å². The molecule has 1 aromatic heterocycles. The first kappa shape index (κ1) is 22.9. The summed E-state index contributed by atoms with van der Waals surface area (Å²) in [4.78, 5) is 17.6. The quantitative estimate of drug-likeness (QED) is 0.337. The van der Waals surface area contributed by atoms with Crippen LogP contribution in [0.5, 0.6) is 0 Å². The molecule has 8 heteroatoms. The SMILES string of the molecule is CCN(c1nc(-c2ccc3ccccc3c2)sc1C)S(=O)(=O)c1ccc(C)c(C(=O)OC)c1. The van der Waals surface area contributed by atoms with Gasteiger partial charge in [-0.1, -0.05) is 42.5 Å². The molecular formula is C25H24N2O4S2. The smallest absolute Gasteiger partial charge is 0.338 e. The van der Waals surface area contributed by atoms with Gasteiger partial charge in [-0.15, -0.1) is 11.3 Å². The van der Waals surface area contributed by atoms with Gasteiger partial charge < -0.3 is 4.74 Å². The van der Waals surface area contributed by atoms with E-state index in [2.05, 4.69) is 6.07 Å². The molecule has 6 nitrogen and oxygen atoms in total. The maximum atomic E-state index is 13.5. The van der Waals surface area contributed by atoms with Crippen LogP contribution in [0.25, 0.3) is 21.3 Å². The Morgan fingerprint density at radius 2 is 1.76 bits per heavy atom. The van der Waals surface area contributed by atoms with Crippen LogP contribution in [0.1, 0.15) is 27.7 Å². The molecule has 0 N–H and O–H groups in total. The number of aryl methyl sites for hydroxylation is 2. The maximum absolute atomic E-state index is 13.5. The summed E-state index contributed by atoms with van der Waals surface area (Å²) in [6.45, 7) is 5.57. The zero-order valence-corrected chi connectivity index (χ0v) is 20.5. The second kappa shape index (κ2) is 8.96. The van der Waals surface area contributed by atoms with Gasteiger partial charge in [-0.25, -0.2) is 22.5 Å². The van der Waals surface area contributed by atoms with E-state index in [0.717, 1.165) is 26.2 Å². The number of thiazole rings is 1. The number of hydrogen-bond acceptors (Lipinski definition) is 6. The highest BCUT2D eigenvalue weighted by Gasteiger charge is 2.29. The van der Waals surface area contributed by atoms with Crippen molar-refractivity contribution in [1.29, 1.82) is 0 Å². The van der Waals surface area contributed by atoms with Gasteiger partial charge in [-0.05, 0) is 55.3 Å². The lowest BCUT2D eigenvalue weighted by atomic mass is 10.1. The summed E-state index contributed by atoms with van der Waals surface area (Å²) < 4.78 is 33.2. The third kappa shape index (κ3) is 4.24. The van der Waals surface area contributed by atoms with Crippen molar-refractivity contribution >= 4 is 43.9 Å². The average molecular weight is 481 g/mol. The first-order valence-electron chi connectivity index (χ1n) is 10.4. The summed E-state index contributed by atoms with van der Waals surface area (Å²) in [6.07, 6.45) is 0. The van der Waals surface area contributed by atoms with Crippen LogP contribution in [0.4, 0.5) is 5.82 Å². The predicted octanol–water partition coefficient (Wildman–Crippen LogP) is 5.58. The van der Waals surface area contributed by atoms with Crippen molar-refractivity contribution in [3.05, 3.63) is 76.7 Å². The minimum Gasteiger partial charge on any atom is -0.465 e. The fourth-order valence-corrected chi connectivity index (χ4v) is 6.20. The largest absolute Gasteiger partial charge is 0.465 e. The minimum atomic E-state index is -3.94. The molecule has 0 unspecified atom stereocenters. The Morgan fingerprint density at radius 3 is 2.45 bits per heavy atom. The van der Waals surface area contributed by atoms with E-state index in [1.165, 1.54) is 34.9 Å². The predicted molar refractivity (Wildman–Crippen MR) is 133 cm³/mol. The Balaban J connectivity index is 1.76. The van der Waals surface area contributed by atoms with Crippen molar-refractivity contribution in [3.8, 4) is 10.6 Å².